The lowest BCUT2D eigenvalue weighted by Gasteiger charge is -2.51. The van der Waals surface area contributed by atoms with Crippen molar-refractivity contribution in [3.8, 4) is 0 Å². The maximum absolute atomic E-state index is 14.7. The van der Waals surface area contributed by atoms with Gasteiger partial charge in [0.25, 0.3) is 0 Å². The summed E-state index contributed by atoms with van der Waals surface area (Å²) < 4.78 is 103. The summed E-state index contributed by atoms with van der Waals surface area (Å²) in [6.45, 7) is 23.5. The van der Waals surface area contributed by atoms with Crippen molar-refractivity contribution in [2.75, 3.05) is 13.2 Å². The quantitative estimate of drug-likeness (QED) is 0.177. The third-order valence-corrected chi connectivity index (χ3v) is 22.6. The van der Waals surface area contributed by atoms with Crippen molar-refractivity contribution >= 4 is 5.97 Å². The third-order valence-electron chi connectivity index (χ3n) is 22.6. The molecule has 0 radical (unpaired) electrons. The molecule has 14 aliphatic rings. The van der Waals surface area contributed by atoms with Crippen molar-refractivity contribution in [2.24, 2.45) is 29.6 Å². The smallest absolute Gasteiger partial charge is 0.308 e. The van der Waals surface area contributed by atoms with Crippen LogP contribution in [-0.2, 0) is 75.8 Å². The van der Waals surface area contributed by atoms with Crippen LogP contribution in [0.1, 0.15) is 150 Å². The van der Waals surface area contributed by atoms with Gasteiger partial charge in [0.15, 0.2) is 23.1 Å². The number of aliphatic hydroxyl groups excluding tert-OH is 3. The van der Waals surface area contributed by atoms with Crippen LogP contribution in [0.3, 0.4) is 0 Å². The normalized spacial score (nSPS) is 55.0. The number of carbonyl (C=O) groups excluding carboxylic acids is 1. The summed E-state index contributed by atoms with van der Waals surface area (Å²) >= 11 is 0. The Morgan fingerprint density at radius 3 is 2.12 bits per heavy atom. The molecule has 0 amide bonds. The van der Waals surface area contributed by atoms with Gasteiger partial charge in [-0.05, 0) is 73.8 Å². The standard InChI is InChI=1S/C64H94O20/c1-9-16-70-64-29-61(69)15-14-40-18-31(3)42(71-40)12-10-38-17-30(2)34(6)44(72-38)21-47-56(78-52(68)20-39-11-13-43-58(73-39)60(82-61)59(84-64)57(75-43)36(64)8)35(7)55-48(74-47)23-46-50(77-55)26-63(79-46)27-51-54(83-63)33(5)25-62(81-51)24-32(4)53-49(80-62)22-45(76-53)41(67)19-37(66)28-65/h9,30,32-33,35-51,53-60,65-67,69H,1,3,6,10-29H2,2,4-5,7-8H3/t30-,32+,33+,35+,36+,37-,38+,39?,40+,41+,42?,43+,44?,45+,46-,47+,48+,49+,50-,51+,53+,54+,55+,56-,57?,58+,59-,60+,61+,62?,63+,64?/m1/s1. The Kier molecular flexibility index (Phi) is 16.1. The third kappa shape index (κ3) is 10.8. The Hall–Kier alpha value is -2.03. The number of hydrogen-bond acceptors (Lipinski definition) is 20. The Balaban J connectivity index is 0.692. The molecule has 32 atom stereocenters. The molecular weight excluding hydrogens is 1090 g/mol. The van der Waals surface area contributed by atoms with Gasteiger partial charge >= 0.3 is 5.97 Å². The first kappa shape index (κ1) is 59.6. The molecule has 14 fully saturated rings. The van der Waals surface area contributed by atoms with Crippen molar-refractivity contribution in [3.63, 3.8) is 0 Å². The number of hydrogen-bond donors (Lipinski definition) is 4. The zero-order valence-corrected chi connectivity index (χ0v) is 49.8. The molecule has 0 aromatic rings. The first-order chi connectivity index (χ1) is 40.2. The van der Waals surface area contributed by atoms with Gasteiger partial charge in [0.1, 0.15) is 24.4 Å². The first-order valence-corrected chi connectivity index (χ1v) is 32.4. The minimum atomic E-state index is -1.65. The fourth-order valence-corrected chi connectivity index (χ4v) is 18.4. The van der Waals surface area contributed by atoms with Crippen LogP contribution in [0.4, 0.5) is 0 Å². The molecule has 0 aliphatic carbocycles. The van der Waals surface area contributed by atoms with Gasteiger partial charge in [-0.1, -0.05) is 53.9 Å². The minimum absolute atomic E-state index is 0.0137. The van der Waals surface area contributed by atoms with Gasteiger partial charge in [0.2, 0.25) is 0 Å². The number of aliphatic hydroxyl groups is 4. The lowest BCUT2D eigenvalue weighted by molar-refractivity contribution is -0.347. The van der Waals surface area contributed by atoms with Gasteiger partial charge < -0.3 is 91.5 Å². The number of carbonyl (C=O) groups is 1. The maximum atomic E-state index is 14.7. The van der Waals surface area contributed by atoms with E-state index < -0.39 is 96.8 Å². The summed E-state index contributed by atoms with van der Waals surface area (Å²) in [6.07, 6.45) is 0.354. The van der Waals surface area contributed by atoms with Crippen LogP contribution in [0.25, 0.3) is 0 Å². The zero-order chi connectivity index (χ0) is 58.4. The van der Waals surface area contributed by atoms with Crippen LogP contribution in [0, 0.1) is 29.6 Å². The van der Waals surface area contributed by atoms with E-state index in [2.05, 4.69) is 54.4 Å². The van der Waals surface area contributed by atoms with E-state index in [1.807, 2.05) is 0 Å². The molecule has 14 heterocycles. The first-order valence-electron chi connectivity index (χ1n) is 32.4. The highest BCUT2D eigenvalue weighted by molar-refractivity contribution is 5.70. The lowest BCUT2D eigenvalue weighted by Crippen LogP contribution is -2.64. The highest BCUT2D eigenvalue weighted by Gasteiger charge is 2.69. The average molecular weight is 1180 g/mol. The van der Waals surface area contributed by atoms with Crippen molar-refractivity contribution < 1.29 is 96.3 Å². The molecule has 20 heteroatoms. The number of ether oxygens (including phenoxy) is 15. The lowest BCUT2D eigenvalue weighted by atomic mass is 9.79. The van der Waals surface area contributed by atoms with E-state index in [0.29, 0.717) is 70.6 Å². The molecule has 2 spiro atoms. The monoisotopic (exact) mass is 1180 g/mol. The van der Waals surface area contributed by atoms with E-state index in [-0.39, 0.29) is 141 Å². The SMILES string of the molecule is C=CCOC12C[C@]3(O)CC[C@H]4CC(=C)C(CC[C@H]5C[C@@H](C)C(=C)C(C[C@@H]6O[C@H]7C[C@H]8O[C@@]9(C[C@@H]%10OC%11(C[C@H](C)[C@@H]%12O[C@H]([C@@H](O)C[C@@H](O)CO)C[C@@H]%12O%11)C[C@H](C)[C@@H]%10O9)C[C@H]8O[C@H]7[C@H](C)[C@H]6OC(=O)CC6CC[C@@H]7OC([C@@H](O1)[C@@H](O3)[C@H]7O6)[C@@H]2C)O5)O4. The van der Waals surface area contributed by atoms with Crippen LogP contribution in [0.2, 0.25) is 0 Å². The molecule has 0 aromatic carbocycles. The number of esters is 1. The molecule has 20 nitrogen and oxygen atoms in total. The van der Waals surface area contributed by atoms with Gasteiger partial charge in [0, 0.05) is 69.6 Å². The second-order valence-corrected chi connectivity index (χ2v) is 28.6. The van der Waals surface area contributed by atoms with Crippen molar-refractivity contribution in [2.45, 2.75) is 314 Å². The Bertz CT molecular complexity index is 2470. The molecule has 0 saturated carbocycles. The summed E-state index contributed by atoms with van der Waals surface area (Å²) in [7, 11) is 0. The predicted molar refractivity (Wildman–Crippen MR) is 295 cm³/mol. The van der Waals surface area contributed by atoms with Gasteiger partial charge in [-0.2, -0.15) is 0 Å². The molecule has 14 rings (SSSR count). The predicted octanol–water partition coefficient (Wildman–Crippen LogP) is 5.69. The van der Waals surface area contributed by atoms with Gasteiger partial charge in [-0.25, -0.2) is 0 Å². The number of fused-ring (bicyclic) bond motifs is 12. The second kappa shape index (κ2) is 22.7. The topological polar surface area (TPSA) is 236 Å². The van der Waals surface area contributed by atoms with E-state index >= 15 is 0 Å². The van der Waals surface area contributed by atoms with Crippen molar-refractivity contribution in [3.05, 3.63) is 37.0 Å². The second-order valence-electron chi connectivity index (χ2n) is 28.6. The van der Waals surface area contributed by atoms with Crippen LogP contribution >= 0.6 is 0 Å². The largest absolute Gasteiger partial charge is 0.459 e. The van der Waals surface area contributed by atoms with Gasteiger partial charge in [-0.15, -0.1) is 6.58 Å². The Morgan fingerprint density at radius 2 is 1.31 bits per heavy atom. The number of rotatable bonds is 7. The van der Waals surface area contributed by atoms with Crippen LogP contribution in [0.15, 0.2) is 37.0 Å². The molecule has 470 valence electrons. The molecule has 10 bridgehead atoms. The Labute approximate surface area is 494 Å². The zero-order valence-electron chi connectivity index (χ0n) is 49.8. The molecule has 84 heavy (non-hydrogen) atoms. The highest BCUT2D eigenvalue weighted by Crippen LogP contribution is 2.58. The van der Waals surface area contributed by atoms with Crippen LogP contribution < -0.4 is 0 Å². The Morgan fingerprint density at radius 1 is 0.607 bits per heavy atom. The summed E-state index contributed by atoms with van der Waals surface area (Å²) in [6, 6.07) is 0. The maximum Gasteiger partial charge on any atom is 0.308 e. The highest BCUT2D eigenvalue weighted by atomic mass is 16.8. The van der Waals surface area contributed by atoms with E-state index in [4.69, 9.17) is 71.1 Å². The molecular formula is C64H94O20. The molecule has 6 unspecified atom stereocenters. The summed E-state index contributed by atoms with van der Waals surface area (Å²) in [5.74, 6) is -5.23. The van der Waals surface area contributed by atoms with E-state index in [9.17, 15) is 25.2 Å². The molecule has 0 aromatic heterocycles. The fraction of sp³-hybridized carbons (Fsp3) is 0.891. The van der Waals surface area contributed by atoms with Gasteiger partial charge in [0.05, 0.1) is 142 Å². The minimum Gasteiger partial charge on any atom is -0.459 e. The summed E-state index contributed by atoms with van der Waals surface area (Å²) in [5.41, 5.74) is 2.04. The summed E-state index contributed by atoms with van der Waals surface area (Å²) in [4.78, 5) is 14.7. The van der Waals surface area contributed by atoms with Crippen LogP contribution in [0.5, 0.6) is 0 Å². The molecule has 4 N–H and O–H groups in total. The van der Waals surface area contributed by atoms with Gasteiger partial charge in [-0.3, -0.25) is 4.79 Å². The average Bonchev–Trinajstić information content (AvgIpc) is 4.45. The van der Waals surface area contributed by atoms with E-state index in [1.54, 1.807) is 6.08 Å². The van der Waals surface area contributed by atoms with Crippen LogP contribution in [-0.4, -0.2) is 203 Å². The summed E-state index contributed by atoms with van der Waals surface area (Å²) in [5, 5.41) is 43.1. The molecule has 14 saturated heterocycles. The molecule has 14 aliphatic heterocycles. The van der Waals surface area contributed by atoms with E-state index in [1.165, 1.54) is 0 Å². The van der Waals surface area contributed by atoms with Crippen molar-refractivity contribution in [1.29, 1.82) is 0 Å². The van der Waals surface area contributed by atoms with Crippen molar-refractivity contribution in [1.82, 2.24) is 0 Å². The fourth-order valence-electron chi connectivity index (χ4n) is 18.4. The van der Waals surface area contributed by atoms with E-state index in [0.717, 1.165) is 30.4 Å².